The number of rotatable bonds is 6. The first-order chi connectivity index (χ1) is 14.7. The Hall–Kier alpha value is -2.81. The molecule has 0 radical (unpaired) electrons. The molecule has 5 nitrogen and oxygen atoms in total. The second-order valence-electron chi connectivity index (χ2n) is 6.80. The SMILES string of the molecule is CCc1ccc(-c2cn3c(CC(=O)Nc4nc(-c5cccs5)cs4)csc3n2)cc1. The normalized spacial score (nSPS) is 11.2. The number of hydrogen-bond acceptors (Lipinski definition) is 6. The van der Waals surface area contributed by atoms with Crippen molar-refractivity contribution in [3.05, 3.63) is 70.0 Å². The van der Waals surface area contributed by atoms with Gasteiger partial charge in [-0.1, -0.05) is 37.3 Å². The number of carbonyl (C=O) groups excluding carboxylic acids is 1. The largest absolute Gasteiger partial charge is 0.302 e. The van der Waals surface area contributed by atoms with Gasteiger partial charge in [0.25, 0.3) is 0 Å². The summed E-state index contributed by atoms with van der Waals surface area (Å²) in [5, 5.41) is 9.52. The third-order valence-electron chi connectivity index (χ3n) is 4.81. The first kappa shape index (κ1) is 19.2. The van der Waals surface area contributed by atoms with Crippen molar-refractivity contribution in [2.45, 2.75) is 19.8 Å². The molecule has 1 N–H and O–H groups in total. The number of thiazole rings is 2. The lowest BCUT2D eigenvalue weighted by atomic mass is 10.1. The van der Waals surface area contributed by atoms with Gasteiger partial charge in [0, 0.05) is 28.2 Å². The fraction of sp³-hybridized carbons (Fsp3) is 0.136. The first-order valence-electron chi connectivity index (χ1n) is 9.53. The number of thiophene rings is 1. The Balaban J connectivity index is 1.31. The highest BCUT2D eigenvalue weighted by Crippen LogP contribution is 2.29. The van der Waals surface area contributed by atoms with Crippen LogP contribution in [0.1, 0.15) is 18.2 Å². The molecule has 0 bridgehead atoms. The molecular formula is C22H18N4OS3. The third-order valence-corrected chi connectivity index (χ3v) is 7.35. The molecule has 1 aromatic carbocycles. The molecule has 30 heavy (non-hydrogen) atoms. The standard InChI is InChI=1S/C22H18N4OS3/c1-2-14-5-7-15(8-6-14)17-11-26-16(12-30-22(26)24-17)10-20(27)25-21-23-18(13-29-21)19-4-3-9-28-19/h3-9,11-13H,2,10H2,1H3,(H,23,25,27). The number of carbonyl (C=O) groups is 1. The van der Waals surface area contributed by atoms with Gasteiger partial charge in [-0.25, -0.2) is 9.97 Å². The van der Waals surface area contributed by atoms with Crippen molar-refractivity contribution in [3.8, 4) is 21.8 Å². The van der Waals surface area contributed by atoms with Crippen LogP contribution in [0.3, 0.4) is 0 Å². The van der Waals surface area contributed by atoms with Crippen LogP contribution in [-0.4, -0.2) is 20.3 Å². The lowest BCUT2D eigenvalue weighted by Crippen LogP contribution is -2.15. The molecule has 5 aromatic rings. The van der Waals surface area contributed by atoms with Crippen LogP contribution < -0.4 is 5.32 Å². The molecule has 4 heterocycles. The van der Waals surface area contributed by atoms with Crippen LogP contribution in [0.4, 0.5) is 5.13 Å². The Labute approximate surface area is 185 Å². The average molecular weight is 451 g/mol. The number of hydrogen-bond donors (Lipinski definition) is 1. The van der Waals surface area contributed by atoms with Gasteiger partial charge in [0.05, 0.1) is 22.7 Å². The Morgan fingerprint density at radius 2 is 1.90 bits per heavy atom. The summed E-state index contributed by atoms with van der Waals surface area (Å²) in [6, 6.07) is 12.5. The van der Waals surface area contributed by atoms with Crippen molar-refractivity contribution in [1.29, 1.82) is 0 Å². The summed E-state index contributed by atoms with van der Waals surface area (Å²) in [5.41, 5.74) is 5.14. The van der Waals surface area contributed by atoms with E-state index < -0.39 is 0 Å². The molecule has 150 valence electrons. The highest BCUT2D eigenvalue weighted by Gasteiger charge is 2.14. The van der Waals surface area contributed by atoms with E-state index in [2.05, 4.69) is 41.5 Å². The van der Waals surface area contributed by atoms with Crippen molar-refractivity contribution >= 4 is 50.0 Å². The molecule has 0 saturated carbocycles. The van der Waals surface area contributed by atoms with Crippen LogP contribution in [0, 0.1) is 0 Å². The molecule has 0 atom stereocenters. The molecule has 0 aliphatic carbocycles. The van der Waals surface area contributed by atoms with Gasteiger partial charge in [-0.05, 0) is 23.4 Å². The minimum atomic E-state index is -0.0793. The fourth-order valence-electron chi connectivity index (χ4n) is 3.20. The molecule has 4 aromatic heterocycles. The smallest absolute Gasteiger partial charge is 0.232 e. The Morgan fingerprint density at radius 3 is 2.67 bits per heavy atom. The summed E-state index contributed by atoms with van der Waals surface area (Å²) in [7, 11) is 0. The highest BCUT2D eigenvalue weighted by molar-refractivity contribution is 7.16. The zero-order valence-corrected chi connectivity index (χ0v) is 18.6. The number of anilines is 1. The molecular weight excluding hydrogens is 432 g/mol. The van der Waals surface area contributed by atoms with Crippen molar-refractivity contribution < 1.29 is 4.79 Å². The van der Waals surface area contributed by atoms with Crippen LogP contribution in [0.5, 0.6) is 0 Å². The second-order valence-corrected chi connectivity index (χ2v) is 9.44. The number of benzene rings is 1. The molecule has 5 rings (SSSR count). The maximum Gasteiger partial charge on any atom is 0.232 e. The van der Waals surface area contributed by atoms with E-state index in [-0.39, 0.29) is 12.3 Å². The van der Waals surface area contributed by atoms with Crippen molar-refractivity contribution in [2.24, 2.45) is 0 Å². The summed E-state index contributed by atoms with van der Waals surface area (Å²) in [6.07, 6.45) is 3.30. The minimum Gasteiger partial charge on any atom is -0.302 e. The zero-order valence-electron chi connectivity index (χ0n) is 16.2. The van der Waals surface area contributed by atoms with Crippen molar-refractivity contribution in [3.63, 3.8) is 0 Å². The number of nitrogens with one attached hydrogen (secondary N) is 1. The van der Waals surface area contributed by atoms with E-state index in [1.54, 1.807) is 22.7 Å². The minimum absolute atomic E-state index is 0.0793. The van der Waals surface area contributed by atoms with Crippen molar-refractivity contribution in [2.75, 3.05) is 5.32 Å². The molecule has 0 spiro atoms. The summed E-state index contributed by atoms with van der Waals surface area (Å²) in [6.45, 7) is 2.15. The molecule has 0 aliphatic rings. The van der Waals surface area contributed by atoms with E-state index in [1.165, 1.54) is 16.9 Å². The lowest BCUT2D eigenvalue weighted by Gasteiger charge is -2.01. The van der Waals surface area contributed by atoms with E-state index in [4.69, 9.17) is 4.98 Å². The monoisotopic (exact) mass is 450 g/mol. The van der Waals surface area contributed by atoms with Gasteiger partial charge in [0.1, 0.15) is 0 Å². The second kappa shape index (κ2) is 8.14. The van der Waals surface area contributed by atoms with Gasteiger partial charge in [-0.3, -0.25) is 9.20 Å². The number of aromatic nitrogens is 3. The fourth-order valence-corrected chi connectivity index (χ4v) is 5.56. The molecule has 0 fully saturated rings. The van der Waals surface area contributed by atoms with E-state index in [0.717, 1.165) is 38.9 Å². The predicted octanol–water partition coefficient (Wildman–Crippen LogP) is 5.99. The van der Waals surface area contributed by atoms with E-state index in [1.807, 2.05) is 38.9 Å². The third kappa shape index (κ3) is 3.81. The number of aryl methyl sites for hydroxylation is 1. The predicted molar refractivity (Wildman–Crippen MR) is 126 cm³/mol. The quantitative estimate of drug-likeness (QED) is 0.346. The first-order valence-corrected chi connectivity index (χ1v) is 12.2. The highest BCUT2D eigenvalue weighted by atomic mass is 32.1. The Kier molecular flexibility index (Phi) is 5.20. The van der Waals surface area contributed by atoms with Crippen molar-refractivity contribution in [1.82, 2.24) is 14.4 Å². The zero-order chi connectivity index (χ0) is 20.5. The van der Waals surface area contributed by atoms with Crippen LogP contribution in [0.25, 0.3) is 26.8 Å². The van der Waals surface area contributed by atoms with E-state index in [9.17, 15) is 4.79 Å². The van der Waals surface area contributed by atoms with Gasteiger partial charge >= 0.3 is 0 Å². The summed E-state index contributed by atoms with van der Waals surface area (Å²) in [4.78, 5) is 23.8. The van der Waals surface area contributed by atoms with Gasteiger partial charge in [-0.15, -0.1) is 34.0 Å². The summed E-state index contributed by atoms with van der Waals surface area (Å²) < 4.78 is 2.01. The van der Waals surface area contributed by atoms with Gasteiger partial charge in [0.2, 0.25) is 5.91 Å². The van der Waals surface area contributed by atoms with Crippen LogP contribution in [0.2, 0.25) is 0 Å². The number of imidazole rings is 1. The van der Waals surface area contributed by atoms with Gasteiger partial charge < -0.3 is 5.32 Å². The van der Waals surface area contributed by atoms with E-state index >= 15 is 0 Å². The Morgan fingerprint density at radius 1 is 1.03 bits per heavy atom. The lowest BCUT2D eigenvalue weighted by molar-refractivity contribution is -0.115. The molecule has 1 amide bonds. The number of fused-ring (bicyclic) bond motifs is 1. The molecule has 0 unspecified atom stereocenters. The molecule has 8 heteroatoms. The van der Waals surface area contributed by atoms with Crippen LogP contribution >= 0.6 is 34.0 Å². The molecule has 0 aliphatic heterocycles. The molecule has 0 saturated heterocycles. The average Bonchev–Trinajstić information content (AvgIpc) is 3.54. The van der Waals surface area contributed by atoms with E-state index in [0.29, 0.717) is 5.13 Å². The van der Waals surface area contributed by atoms with Gasteiger partial charge in [0.15, 0.2) is 10.1 Å². The summed E-state index contributed by atoms with van der Waals surface area (Å²) in [5.74, 6) is -0.0793. The summed E-state index contributed by atoms with van der Waals surface area (Å²) >= 11 is 4.63. The number of nitrogens with zero attached hydrogens (tertiary/aromatic N) is 3. The maximum absolute atomic E-state index is 12.6. The van der Waals surface area contributed by atoms with Gasteiger partial charge in [-0.2, -0.15) is 0 Å². The maximum atomic E-state index is 12.6. The van der Waals surface area contributed by atoms with Crippen LogP contribution in [-0.2, 0) is 17.6 Å². The Bertz CT molecular complexity index is 1300. The van der Waals surface area contributed by atoms with Crippen LogP contribution in [0.15, 0.2) is 58.7 Å². The topological polar surface area (TPSA) is 59.3 Å². The number of amides is 1.